The van der Waals surface area contributed by atoms with Gasteiger partial charge in [-0.3, -0.25) is 9.59 Å². The maximum atomic E-state index is 12.1. The molecule has 0 radical (unpaired) electrons. The fourth-order valence-electron chi connectivity index (χ4n) is 2.19. The van der Waals surface area contributed by atoms with E-state index in [2.05, 4.69) is 10.4 Å². The van der Waals surface area contributed by atoms with Gasteiger partial charge in [0.1, 0.15) is 0 Å². The molecule has 2 heterocycles. The molecule has 1 aromatic carbocycles. The summed E-state index contributed by atoms with van der Waals surface area (Å²) >= 11 is 7.04. The van der Waals surface area contributed by atoms with Crippen LogP contribution in [0.25, 0.3) is 10.8 Å². The lowest BCUT2D eigenvalue weighted by Crippen LogP contribution is -2.26. The van der Waals surface area contributed by atoms with Crippen LogP contribution in [0.1, 0.15) is 15.4 Å². The minimum Gasteiger partial charge on any atom is -0.346 e. The number of carbonyl (C=O) groups is 1. The first-order valence-electron chi connectivity index (χ1n) is 6.55. The van der Waals surface area contributed by atoms with Gasteiger partial charge in [-0.15, -0.1) is 11.3 Å². The van der Waals surface area contributed by atoms with Crippen LogP contribution >= 0.6 is 22.9 Å². The first kappa shape index (κ1) is 14.7. The zero-order chi connectivity index (χ0) is 15.7. The Morgan fingerprint density at radius 3 is 2.68 bits per heavy atom. The van der Waals surface area contributed by atoms with Gasteiger partial charge < -0.3 is 5.32 Å². The molecule has 0 bridgehead atoms. The topological polar surface area (TPSA) is 64.0 Å². The molecular weight excluding hydrogens is 322 g/mol. The maximum absolute atomic E-state index is 12.1. The molecule has 112 valence electrons. The van der Waals surface area contributed by atoms with Gasteiger partial charge in [-0.2, -0.15) is 5.10 Å². The van der Waals surface area contributed by atoms with Crippen molar-refractivity contribution in [3.63, 3.8) is 0 Å². The lowest BCUT2D eigenvalue weighted by molar-refractivity contribution is 0.0954. The molecule has 7 heteroatoms. The van der Waals surface area contributed by atoms with Crippen LogP contribution in [0.5, 0.6) is 0 Å². The van der Waals surface area contributed by atoms with Crippen LogP contribution in [0.3, 0.4) is 0 Å². The fraction of sp³-hybridized carbons (Fsp3) is 0.133. The number of amides is 1. The van der Waals surface area contributed by atoms with Crippen LogP contribution in [0.4, 0.5) is 0 Å². The number of halogens is 1. The van der Waals surface area contributed by atoms with Crippen LogP contribution in [0, 0.1) is 0 Å². The summed E-state index contributed by atoms with van der Waals surface area (Å²) in [6.07, 6.45) is 0. The van der Waals surface area contributed by atoms with Crippen LogP contribution < -0.4 is 10.9 Å². The molecule has 3 aromatic rings. The molecule has 0 saturated heterocycles. The molecular formula is C15H12ClN3O2S. The Labute approximate surface area is 135 Å². The van der Waals surface area contributed by atoms with Gasteiger partial charge in [0, 0.05) is 12.4 Å². The summed E-state index contributed by atoms with van der Waals surface area (Å²) in [5.74, 6) is -0.211. The minimum absolute atomic E-state index is 0.157. The Morgan fingerprint density at radius 2 is 2.00 bits per heavy atom. The van der Waals surface area contributed by atoms with Gasteiger partial charge in [-0.25, -0.2) is 4.68 Å². The average Bonchev–Trinajstić information content (AvgIpc) is 2.96. The number of rotatable bonds is 3. The Balaban J connectivity index is 1.90. The summed E-state index contributed by atoms with van der Waals surface area (Å²) in [5.41, 5.74) is 0.490. The highest BCUT2D eigenvalue weighted by molar-refractivity contribution is 7.17. The summed E-state index contributed by atoms with van der Waals surface area (Å²) in [6, 6.07) is 10.6. The Morgan fingerprint density at radius 1 is 1.27 bits per heavy atom. The summed E-state index contributed by atoms with van der Waals surface area (Å²) in [7, 11) is 1.60. The summed E-state index contributed by atoms with van der Waals surface area (Å²) in [6.45, 7) is 0.239. The quantitative estimate of drug-likeness (QED) is 0.801. The number of hydrogen-bond acceptors (Lipinski definition) is 4. The third-order valence-corrected chi connectivity index (χ3v) is 4.48. The second-order valence-electron chi connectivity index (χ2n) is 4.71. The molecule has 22 heavy (non-hydrogen) atoms. The minimum atomic E-state index is -0.211. The molecule has 5 nitrogen and oxygen atoms in total. The van der Waals surface area contributed by atoms with Crippen molar-refractivity contribution >= 4 is 39.6 Å². The van der Waals surface area contributed by atoms with E-state index < -0.39 is 0 Å². The first-order valence-corrected chi connectivity index (χ1v) is 7.74. The fourth-order valence-corrected chi connectivity index (χ4v) is 3.15. The van der Waals surface area contributed by atoms with Gasteiger partial charge in [0.25, 0.3) is 11.5 Å². The zero-order valence-corrected chi connectivity index (χ0v) is 13.2. The third-order valence-electron chi connectivity index (χ3n) is 3.25. The van der Waals surface area contributed by atoms with Crippen molar-refractivity contribution in [1.82, 2.24) is 15.1 Å². The van der Waals surface area contributed by atoms with Crippen molar-refractivity contribution < 1.29 is 4.79 Å². The highest BCUT2D eigenvalue weighted by Gasteiger charge is 2.12. The average molecular weight is 334 g/mol. The lowest BCUT2D eigenvalue weighted by Gasteiger charge is -2.08. The van der Waals surface area contributed by atoms with E-state index in [-0.39, 0.29) is 18.0 Å². The molecule has 3 rings (SSSR count). The van der Waals surface area contributed by atoms with E-state index in [1.807, 2.05) is 12.1 Å². The highest BCUT2D eigenvalue weighted by Crippen LogP contribution is 2.21. The highest BCUT2D eigenvalue weighted by atomic mass is 35.5. The van der Waals surface area contributed by atoms with E-state index in [0.29, 0.717) is 20.3 Å². The smallest absolute Gasteiger partial charge is 0.274 e. The lowest BCUT2D eigenvalue weighted by atomic mass is 10.1. The molecule has 0 aliphatic carbocycles. The molecule has 0 aliphatic rings. The number of benzene rings is 1. The molecule has 2 aromatic heterocycles. The molecule has 0 fully saturated rings. The van der Waals surface area contributed by atoms with Crippen molar-refractivity contribution in [2.75, 3.05) is 0 Å². The second-order valence-corrected chi connectivity index (χ2v) is 6.42. The van der Waals surface area contributed by atoms with Crippen LogP contribution in [-0.4, -0.2) is 15.7 Å². The number of nitrogens with one attached hydrogen (secondary N) is 1. The van der Waals surface area contributed by atoms with Gasteiger partial charge >= 0.3 is 0 Å². The first-order chi connectivity index (χ1) is 10.6. The maximum Gasteiger partial charge on any atom is 0.274 e. The summed E-state index contributed by atoms with van der Waals surface area (Å²) < 4.78 is 1.85. The molecule has 1 amide bonds. The Bertz CT molecular complexity index is 917. The molecule has 0 aliphatic heterocycles. The van der Waals surface area contributed by atoms with Crippen molar-refractivity contribution in [3.05, 3.63) is 61.7 Å². The van der Waals surface area contributed by atoms with Crippen molar-refractivity contribution in [3.8, 4) is 0 Å². The van der Waals surface area contributed by atoms with E-state index in [9.17, 15) is 9.59 Å². The number of aryl methyl sites for hydroxylation is 1. The van der Waals surface area contributed by atoms with E-state index >= 15 is 0 Å². The number of thiophene rings is 1. The SMILES string of the molecule is Cn1nc(CNC(=O)c2ccc(Cl)s2)c2ccccc2c1=O. The van der Waals surface area contributed by atoms with Gasteiger partial charge in [0.15, 0.2) is 0 Å². The van der Waals surface area contributed by atoms with Crippen LogP contribution in [-0.2, 0) is 13.6 Å². The summed E-state index contributed by atoms with van der Waals surface area (Å²) in [4.78, 5) is 24.6. The second kappa shape index (κ2) is 5.90. The predicted molar refractivity (Wildman–Crippen MR) is 87.5 cm³/mol. The Kier molecular flexibility index (Phi) is 3.96. The van der Waals surface area contributed by atoms with Crippen molar-refractivity contribution in [2.45, 2.75) is 6.54 Å². The van der Waals surface area contributed by atoms with Crippen LogP contribution in [0.15, 0.2) is 41.2 Å². The van der Waals surface area contributed by atoms with Crippen molar-refractivity contribution in [2.24, 2.45) is 7.05 Å². The third kappa shape index (κ3) is 2.75. The van der Waals surface area contributed by atoms with E-state index in [0.717, 1.165) is 5.39 Å². The number of carbonyl (C=O) groups excluding carboxylic acids is 1. The molecule has 1 N–H and O–H groups in total. The van der Waals surface area contributed by atoms with Gasteiger partial charge in [-0.1, -0.05) is 29.8 Å². The number of nitrogens with zero attached hydrogens (tertiary/aromatic N) is 2. The van der Waals surface area contributed by atoms with Gasteiger partial charge in [0.05, 0.1) is 26.8 Å². The standard InChI is InChI=1S/C15H12ClN3O2S/c1-19-15(21)10-5-3-2-4-9(10)11(18-19)8-17-14(20)12-6-7-13(16)22-12/h2-7H,8H2,1H3,(H,17,20). The zero-order valence-electron chi connectivity index (χ0n) is 11.7. The van der Waals surface area contributed by atoms with Crippen LogP contribution in [0.2, 0.25) is 4.34 Å². The number of hydrogen-bond donors (Lipinski definition) is 1. The Hall–Kier alpha value is -2.18. The largest absolute Gasteiger partial charge is 0.346 e. The van der Waals surface area contributed by atoms with E-state index in [1.54, 1.807) is 31.3 Å². The number of aromatic nitrogens is 2. The van der Waals surface area contributed by atoms with E-state index in [1.165, 1.54) is 16.0 Å². The van der Waals surface area contributed by atoms with Gasteiger partial charge in [-0.05, 0) is 18.2 Å². The summed E-state index contributed by atoms with van der Waals surface area (Å²) in [5, 5.41) is 8.37. The molecule has 0 spiro atoms. The van der Waals surface area contributed by atoms with E-state index in [4.69, 9.17) is 11.6 Å². The molecule has 0 atom stereocenters. The molecule has 0 unspecified atom stereocenters. The molecule has 0 saturated carbocycles. The number of fused-ring (bicyclic) bond motifs is 1. The predicted octanol–water partition coefficient (Wildman–Crippen LogP) is 2.58. The van der Waals surface area contributed by atoms with Gasteiger partial charge in [0.2, 0.25) is 0 Å². The normalized spacial score (nSPS) is 10.8. The monoisotopic (exact) mass is 333 g/mol. The van der Waals surface area contributed by atoms with Crippen molar-refractivity contribution in [1.29, 1.82) is 0 Å².